The van der Waals surface area contributed by atoms with Crippen LogP contribution in [0.3, 0.4) is 0 Å². The Hall–Kier alpha value is -6.49. The van der Waals surface area contributed by atoms with Crippen LogP contribution in [0, 0.1) is 11.8 Å². The average Bonchev–Trinajstić information content (AvgIpc) is 3.17. The molecule has 6 amide bonds. The largest absolute Gasteiger partial charge is 0.508 e. The van der Waals surface area contributed by atoms with E-state index in [1.54, 1.807) is 64.1 Å². The minimum absolute atomic E-state index is 0.0177. The summed E-state index contributed by atoms with van der Waals surface area (Å²) in [6, 6.07) is 12.9. The number of amides is 6. The molecule has 3 aromatic carbocycles. The molecular weight excluding hydrogens is 763 g/mol. The van der Waals surface area contributed by atoms with Gasteiger partial charge in [0, 0.05) is 12.8 Å². The number of hydrogen-bond donors (Lipinski definition) is 10. The molecule has 17 nitrogen and oxygen atoms in total. The van der Waals surface area contributed by atoms with Crippen molar-refractivity contribution >= 4 is 41.4 Å². The molecule has 0 radical (unpaired) electrons. The fraction of sp³-hybridized carbons (Fsp3) is 0.405. The summed E-state index contributed by atoms with van der Waals surface area (Å²) in [5.41, 5.74) is 13.5. The first-order valence-electron chi connectivity index (χ1n) is 19.2. The van der Waals surface area contributed by atoms with Crippen LogP contribution in [-0.4, -0.2) is 93.0 Å². The Labute approximate surface area is 342 Å². The Morgan fingerprint density at radius 2 is 0.949 bits per heavy atom. The molecule has 3 aromatic rings. The Morgan fingerprint density at radius 3 is 1.39 bits per heavy atom. The number of phenols is 2. The van der Waals surface area contributed by atoms with E-state index in [1.165, 1.54) is 36.4 Å². The zero-order chi connectivity index (χ0) is 43.8. The first-order chi connectivity index (χ1) is 27.8. The number of primary amides is 1. The minimum Gasteiger partial charge on any atom is -0.508 e. The summed E-state index contributed by atoms with van der Waals surface area (Å²) in [6.07, 6.45) is -0.673. The molecule has 0 spiro atoms. The highest BCUT2D eigenvalue weighted by Gasteiger charge is 2.34. The summed E-state index contributed by atoms with van der Waals surface area (Å²) in [5.74, 6) is -7.22. The maximum absolute atomic E-state index is 14.2. The van der Waals surface area contributed by atoms with E-state index < -0.39 is 90.0 Å². The zero-order valence-electron chi connectivity index (χ0n) is 33.5. The van der Waals surface area contributed by atoms with Crippen molar-refractivity contribution in [2.75, 3.05) is 0 Å². The number of hydrogen-bond acceptors (Lipinski definition) is 10. The highest BCUT2D eigenvalue weighted by atomic mass is 16.4. The van der Waals surface area contributed by atoms with E-state index in [0.717, 1.165) is 5.56 Å². The highest BCUT2D eigenvalue weighted by Crippen LogP contribution is 2.15. The third kappa shape index (κ3) is 15.8. The third-order valence-corrected chi connectivity index (χ3v) is 9.26. The molecule has 12 N–H and O–H groups in total. The fourth-order valence-corrected chi connectivity index (χ4v) is 6.09. The molecule has 0 bridgehead atoms. The molecule has 0 fully saturated rings. The molecule has 59 heavy (non-hydrogen) atoms. The van der Waals surface area contributed by atoms with Gasteiger partial charge in [0.15, 0.2) is 0 Å². The number of aliphatic carboxylic acids is 1. The van der Waals surface area contributed by atoms with Crippen molar-refractivity contribution in [3.63, 3.8) is 0 Å². The maximum Gasteiger partial charge on any atom is 0.326 e. The minimum atomic E-state index is -1.59. The standard InChI is InChI=1S/C42H55N7O10/c1-23(2)18-31(38(54)48-34(22-35(44)52)41(57)49-36(24(3)4)42(58)59)46-40(56)33(21-27-12-16-29(51)17-13-27)47-39(55)32(20-26-10-14-28(50)15-11-26)45-37(53)30(43)19-25-8-6-5-7-9-25/h5-17,23-24,30-34,36,50-51H,18-22,43H2,1-4H3,(H2,44,52)(H,45,53)(H,46,56)(H,47,55)(H,48,54)(H,49,57)(H,58,59)/t30-,31-,32-,33-,34-,36-/m0/s1. The zero-order valence-corrected chi connectivity index (χ0v) is 33.5. The number of phenolic OH excluding ortho intramolecular Hbond substituents is 2. The third-order valence-electron chi connectivity index (χ3n) is 9.26. The van der Waals surface area contributed by atoms with Crippen LogP contribution >= 0.6 is 0 Å². The van der Waals surface area contributed by atoms with Crippen molar-refractivity contribution in [1.82, 2.24) is 26.6 Å². The van der Waals surface area contributed by atoms with Gasteiger partial charge in [-0.3, -0.25) is 28.8 Å². The van der Waals surface area contributed by atoms with E-state index in [-0.39, 0.29) is 43.1 Å². The number of rotatable bonds is 22. The van der Waals surface area contributed by atoms with Gasteiger partial charge < -0.3 is 53.4 Å². The lowest BCUT2D eigenvalue weighted by molar-refractivity contribution is -0.143. The van der Waals surface area contributed by atoms with Crippen LogP contribution in [0.1, 0.15) is 57.2 Å². The first kappa shape index (κ1) is 46.9. The predicted octanol–water partition coefficient (Wildman–Crippen LogP) is 0.539. The van der Waals surface area contributed by atoms with Crippen molar-refractivity contribution in [2.45, 2.75) is 96.1 Å². The molecule has 0 aromatic heterocycles. The van der Waals surface area contributed by atoms with Crippen molar-refractivity contribution in [2.24, 2.45) is 23.3 Å². The van der Waals surface area contributed by atoms with Gasteiger partial charge in [-0.25, -0.2) is 4.79 Å². The smallest absolute Gasteiger partial charge is 0.326 e. The Bertz CT molecular complexity index is 1910. The summed E-state index contributed by atoms with van der Waals surface area (Å²) in [7, 11) is 0. The molecule has 0 aliphatic heterocycles. The van der Waals surface area contributed by atoms with Crippen molar-refractivity contribution in [3.05, 3.63) is 95.6 Å². The Balaban J connectivity index is 1.92. The summed E-state index contributed by atoms with van der Waals surface area (Å²) in [5, 5.41) is 42.1. The number of aromatic hydroxyl groups is 2. The molecule has 318 valence electrons. The second kappa shape index (κ2) is 22.4. The lowest BCUT2D eigenvalue weighted by atomic mass is 9.99. The van der Waals surface area contributed by atoms with Gasteiger partial charge in [0.1, 0.15) is 41.7 Å². The van der Waals surface area contributed by atoms with Gasteiger partial charge in [0.05, 0.1) is 12.5 Å². The maximum atomic E-state index is 14.2. The van der Waals surface area contributed by atoms with Crippen LogP contribution in [0.2, 0.25) is 0 Å². The van der Waals surface area contributed by atoms with Crippen LogP contribution in [0.5, 0.6) is 11.5 Å². The van der Waals surface area contributed by atoms with Gasteiger partial charge in [-0.15, -0.1) is 0 Å². The molecule has 0 aliphatic rings. The molecule has 0 saturated heterocycles. The van der Waals surface area contributed by atoms with Crippen molar-refractivity contribution in [3.8, 4) is 11.5 Å². The number of carbonyl (C=O) groups excluding carboxylic acids is 6. The number of nitrogens with two attached hydrogens (primary N) is 2. The van der Waals surface area contributed by atoms with Gasteiger partial charge in [-0.1, -0.05) is 82.3 Å². The second-order valence-electron chi connectivity index (χ2n) is 15.2. The molecule has 17 heteroatoms. The van der Waals surface area contributed by atoms with E-state index in [4.69, 9.17) is 11.5 Å². The Morgan fingerprint density at radius 1 is 0.542 bits per heavy atom. The van der Waals surface area contributed by atoms with Gasteiger partial charge >= 0.3 is 5.97 Å². The predicted molar refractivity (Wildman–Crippen MR) is 217 cm³/mol. The summed E-state index contributed by atoms with van der Waals surface area (Å²) < 4.78 is 0. The lowest BCUT2D eigenvalue weighted by Crippen LogP contribution is -2.60. The number of carboxylic acids is 1. The summed E-state index contributed by atoms with van der Waals surface area (Å²) in [4.78, 5) is 92.4. The number of carboxylic acid groups (broad SMARTS) is 1. The molecule has 0 heterocycles. The normalized spacial score (nSPS) is 14.2. The SMILES string of the molecule is CC(C)C[C@H](NC(=O)[C@H](Cc1ccc(O)cc1)NC(=O)[C@H](Cc1ccc(O)cc1)NC(=O)[C@@H](N)Cc1ccccc1)C(=O)N[C@@H](CC(N)=O)C(=O)N[C@H](C(=O)O)C(C)C. The quantitative estimate of drug-likeness (QED) is 0.0668. The average molecular weight is 818 g/mol. The molecule has 0 saturated carbocycles. The van der Waals surface area contributed by atoms with Gasteiger partial charge in [-0.05, 0) is 65.6 Å². The molecule has 0 aliphatic carbocycles. The van der Waals surface area contributed by atoms with E-state index in [1.807, 2.05) is 6.07 Å². The van der Waals surface area contributed by atoms with Gasteiger partial charge in [0.2, 0.25) is 35.4 Å². The van der Waals surface area contributed by atoms with Crippen LogP contribution < -0.4 is 38.1 Å². The van der Waals surface area contributed by atoms with E-state index in [2.05, 4.69) is 26.6 Å². The number of nitrogens with one attached hydrogen (secondary N) is 5. The van der Waals surface area contributed by atoms with Crippen molar-refractivity contribution in [1.29, 1.82) is 0 Å². The monoisotopic (exact) mass is 817 g/mol. The van der Waals surface area contributed by atoms with Gasteiger partial charge in [0.25, 0.3) is 0 Å². The van der Waals surface area contributed by atoms with Crippen molar-refractivity contribution < 1.29 is 48.9 Å². The molecule has 6 atom stereocenters. The molecular formula is C42H55N7O10. The van der Waals surface area contributed by atoms with E-state index in [9.17, 15) is 48.9 Å². The van der Waals surface area contributed by atoms with Crippen LogP contribution in [0.4, 0.5) is 0 Å². The number of benzene rings is 3. The second-order valence-corrected chi connectivity index (χ2v) is 15.2. The fourth-order valence-electron chi connectivity index (χ4n) is 6.09. The van der Waals surface area contributed by atoms with Gasteiger partial charge in [-0.2, -0.15) is 0 Å². The molecule has 3 rings (SSSR count). The number of carbonyl (C=O) groups is 7. The van der Waals surface area contributed by atoms with E-state index in [0.29, 0.717) is 11.1 Å². The van der Waals surface area contributed by atoms with Crippen LogP contribution in [-0.2, 0) is 52.8 Å². The summed E-state index contributed by atoms with van der Waals surface area (Å²) in [6.45, 7) is 6.67. The van der Waals surface area contributed by atoms with E-state index >= 15 is 0 Å². The van der Waals surface area contributed by atoms with Crippen LogP contribution in [0.25, 0.3) is 0 Å². The topological polar surface area (TPSA) is 292 Å². The summed E-state index contributed by atoms with van der Waals surface area (Å²) >= 11 is 0. The molecule has 0 unspecified atom stereocenters. The Kier molecular flexibility index (Phi) is 17.8. The van der Waals surface area contributed by atoms with Crippen LogP contribution in [0.15, 0.2) is 78.9 Å². The lowest BCUT2D eigenvalue weighted by Gasteiger charge is -2.28. The highest BCUT2D eigenvalue weighted by molar-refractivity contribution is 5.97. The first-order valence-corrected chi connectivity index (χ1v) is 19.2.